The third-order valence-corrected chi connectivity index (χ3v) is 6.39. The minimum atomic E-state index is -0.539. The van der Waals surface area contributed by atoms with Gasteiger partial charge in [0, 0.05) is 29.2 Å². The topological polar surface area (TPSA) is 85.1 Å². The molecular formula is C23H22FN3O2S. The van der Waals surface area contributed by atoms with E-state index in [9.17, 15) is 14.0 Å². The molecule has 3 N–H and O–H groups in total. The first-order chi connectivity index (χ1) is 14.5. The van der Waals surface area contributed by atoms with E-state index in [1.165, 1.54) is 17.4 Å². The molecule has 2 aromatic carbocycles. The van der Waals surface area contributed by atoms with Gasteiger partial charge >= 0.3 is 0 Å². The molecule has 1 fully saturated rings. The van der Waals surface area contributed by atoms with Crippen molar-refractivity contribution < 1.29 is 14.0 Å². The van der Waals surface area contributed by atoms with Crippen molar-refractivity contribution in [3.05, 3.63) is 65.6 Å². The molecule has 1 aliphatic heterocycles. The average molecular weight is 424 g/mol. The molecule has 1 atom stereocenters. The first-order valence-electron chi connectivity index (χ1n) is 9.95. The maximum absolute atomic E-state index is 14.6. The van der Waals surface area contributed by atoms with E-state index in [0.29, 0.717) is 33.0 Å². The first kappa shape index (κ1) is 20.4. The predicted octanol–water partition coefficient (Wildman–Crippen LogP) is 4.43. The van der Waals surface area contributed by atoms with Crippen molar-refractivity contribution in [2.24, 2.45) is 5.73 Å². The molecule has 1 aromatic heterocycles. The van der Waals surface area contributed by atoms with Gasteiger partial charge in [0.05, 0.1) is 4.88 Å². The number of piperidine rings is 1. The number of rotatable bonds is 6. The van der Waals surface area contributed by atoms with Crippen LogP contribution < -0.4 is 11.1 Å². The van der Waals surface area contributed by atoms with Crippen LogP contribution in [0.4, 0.5) is 4.39 Å². The van der Waals surface area contributed by atoms with Crippen molar-refractivity contribution >= 4 is 23.0 Å². The van der Waals surface area contributed by atoms with Crippen LogP contribution in [0.1, 0.15) is 46.5 Å². The van der Waals surface area contributed by atoms with E-state index in [2.05, 4.69) is 10.3 Å². The number of nitrogens with zero attached hydrogens (tertiary/aromatic N) is 1. The molecule has 2 heterocycles. The molecule has 4 rings (SSSR count). The number of ketones is 1. The van der Waals surface area contributed by atoms with Crippen LogP contribution in [0, 0.1) is 5.82 Å². The van der Waals surface area contributed by atoms with Crippen molar-refractivity contribution in [2.45, 2.75) is 31.7 Å². The Kier molecular flexibility index (Phi) is 6.01. The van der Waals surface area contributed by atoms with Crippen molar-refractivity contribution in [3.8, 4) is 21.0 Å². The van der Waals surface area contributed by atoms with Crippen LogP contribution in [0.5, 0.6) is 0 Å². The van der Waals surface area contributed by atoms with Crippen LogP contribution in [0.25, 0.3) is 21.0 Å². The summed E-state index contributed by atoms with van der Waals surface area (Å²) in [6.07, 6.45) is 3.47. The van der Waals surface area contributed by atoms with Crippen LogP contribution >= 0.6 is 11.3 Å². The zero-order valence-corrected chi connectivity index (χ0v) is 17.2. The summed E-state index contributed by atoms with van der Waals surface area (Å²) in [6.45, 7) is 0.903. The summed E-state index contributed by atoms with van der Waals surface area (Å²) in [7, 11) is 0. The highest BCUT2D eigenvalue weighted by atomic mass is 32.1. The van der Waals surface area contributed by atoms with Gasteiger partial charge in [-0.15, -0.1) is 11.3 Å². The minimum Gasteiger partial charge on any atom is -0.366 e. The fraction of sp³-hybridized carbons (Fsp3) is 0.261. The van der Waals surface area contributed by atoms with Crippen molar-refractivity contribution in [2.75, 3.05) is 6.54 Å². The Labute approximate surface area is 178 Å². The van der Waals surface area contributed by atoms with E-state index >= 15 is 0 Å². The second kappa shape index (κ2) is 8.85. The molecule has 1 unspecified atom stereocenters. The Morgan fingerprint density at radius 1 is 1.17 bits per heavy atom. The molecule has 5 nitrogen and oxygen atoms in total. The SMILES string of the molecule is NC(=O)c1cccc(-c2nc(C(=O)CC3CCCCN3)c(-c3ccccc3F)s2)c1. The van der Waals surface area contributed by atoms with Gasteiger partial charge in [0.15, 0.2) is 5.78 Å². The van der Waals surface area contributed by atoms with Crippen LogP contribution in [-0.4, -0.2) is 29.3 Å². The lowest BCUT2D eigenvalue weighted by atomic mass is 9.98. The molecule has 3 aromatic rings. The number of amides is 1. The van der Waals surface area contributed by atoms with Crippen LogP contribution in [0.2, 0.25) is 0 Å². The van der Waals surface area contributed by atoms with Gasteiger partial charge in [-0.1, -0.05) is 36.8 Å². The lowest BCUT2D eigenvalue weighted by Crippen LogP contribution is -2.35. The van der Waals surface area contributed by atoms with Gasteiger partial charge in [-0.05, 0) is 37.6 Å². The van der Waals surface area contributed by atoms with Gasteiger partial charge in [0.25, 0.3) is 0 Å². The molecule has 0 bridgehead atoms. The summed E-state index contributed by atoms with van der Waals surface area (Å²) in [5, 5.41) is 3.93. The second-order valence-electron chi connectivity index (χ2n) is 7.40. The van der Waals surface area contributed by atoms with Crippen LogP contribution in [0.3, 0.4) is 0 Å². The molecule has 1 amide bonds. The van der Waals surface area contributed by atoms with E-state index in [4.69, 9.17) is 5.73 Å². The fourth-order valence-corrected chi connectivity index (χ4v) is 4.79. The Morgan fingerprint density at radius 3 is 2.73 bits per heavy atom. The fourth-order valence-electron chi connectivity index (χ4n) is 3.68. The number of nitrogens with one attached hydrogen (secondary N) is 1. The molecule has 154 valence electrons. The number of primary amides is 1. The number of halogens is 1. The van der Waals surface area contributed by atoms with Gasteiger partial charge in [-0.25, -0.2) is 9.37 Å². The Morgan fingerprint density at radius 2 is 2.00 bits per heavy atom. The standard InChI is InChI=1S/C23H22FN3O2S/c24-18-10-2-1-9-17(18)21-20(19(28)13-16-8-3-4-11-26-16)27-23(30-21)15-7-5-6-14(12-15)22(25)29/h1-2,5-7,9-10,12,16,26H,3-4,8,11,13H2,(H2,25,29). The number of hydrogen-bond donors (Lipinski definition) is 2. The quantitative estimate of drug-likeness (QED) is 0.575. The van der Waals surface area contributed by atoms with Crippen molar-refractivity contribution in [1.82, 2.24) is 10.3 Å². The highest BCUT2D eigenvalue weighted by Gasteiger charge is 2.25. The second-order valence-corrected chi connectivity index (χ2v) is 8.39. The summed E-state index contributed by atoms with van der Waals surface area (Å²) in [5.74, 6) is -1.05. The van der Waals surface area contributed by atoms with Crippen LogP contribution in [-0.2, 0) is 0 Å². The van der Waals surface area contributed by atoms with Gasteiger partial charge < -0.3 is 11.1 Å². The molecule has 1 saturated heterocycles. The van der Waals surface area contributed by atoms with Gasteiger partial charge in [-0.2, -0.15) is 0 Å². The highest BCUT2D eigenvalue weighted by Crippen LogP contribution is 2.37. The maximum atomic E-state index is 14.6. The normalized spacial score (nSPS) is 16.4. The number of carbonyl (C=O) groups is 2. The third kappa shape index (κ3) is 4.32. The number of benzene rings is 2. The monoisotopic (exact) mass is 423 g/mol. The lowest BCUT2D eigenvalue weighted by molar-refractivity contribution is 0.0958. The van der Waals surface area contributed by atoms with E-state index in [1.807, 2.05) is 0 Å². The lowest BCUT2D eigenvalue weighted by Gasteiger charge is -2.22. The number of carbonyl (C=O) groups excluding carboxylic acids is 2. The molecule has 30 heavy (non-hydrogen) atoms. The molecule has 0 saturated carbocycles. The number of aromatic nitrogens is 1. The summed E-state index contributed by atoms with van der Waals surface area (Å²) in [5.41, 5.74) is 7.05. The largest absolute Gasteiger partial charge is 0.366 e. The van der Waals surface area contributed by atoms with Crippen molar-refractivity contribution in [3.63, 3.8) is 0 Å². The van der Waals surface area contributed by atoms with Gasteiger partial charge in [-0.3, -0.25) is 9.59 Å². The van der Waals surface area contributed by atoms with E-state index in [1.54, 1.807) is 42.5 Å². The molecule has 7 heteroatoms. The Balaban J connectivity index is 1.75. The maximum Gasteiger partial charge on any atom is 0.248 e. The molecule has 0 radical (unpaired) electrons. The number of Topliss-reactive ketones (excluding diaryl/α,β-unsaturated/α-hetero) is 1. The smallest absolute Gasteiger partial charge is 0.248 e. The summed E-state index contributed by atoms with van der Waals surface area (Å²) in [6, 6.07) is 13.3. The molecule has 0 aliphatic carbocycles. The van der Waals surface area contributed by atoms with Crippen LogP contribution in [0.15, 0.2) is 48.5 Å². The van der Waals surface area contributed by atoms with E-state index in [0.717, 1.165) is 25.8 Å². The highest BCUT2D eigenvalue weighted by molar-refractivity contribution is 7.18. The zero-order chi connectivity index (χ0) is 21.1. The number of hydrogen-bond acceptors (Lipinski definition) is 5. The molecule has 0 spiro atoms. The Hall–Kier alpha value is -2.90. The predicted molar refractivity (Wildman–Crippen MR) is 116 cm³/mol. The average Bonchev–Trinajstić information content (AvgIpc) is 3.20. The number of thiazole rings is 1. The Bertz CT molecular complexity index is 1090. The van der Waals surface area contributed by atoms with Gasteiger partial charge in [0.1, 0.15) is 16.5 Å². The van der Waals surface area contributed by atoms with Gasteiger partial charge in [0.2, 0.25) is 5.91 Å². The van der Waals surface area contributed by atoms with E-state index < -0.39 is 11.7 Å². The number of nitrogens with two attached hydrogens (primary N) is 1. The first-order valence-corrected chi connectivity index (χ1v) is 10.8. The zero-order valence-electron chi connectivity index (χ0n) is 16.4. The summed E-state index contributed by atoms with van der Waals surface area (Å²) >= 11 is 1.25. The summed E-state index contributed by atoms with van der Waals surface area (Å²) < 4.78 is 14.6. The molecular weight excluding hydrogens is 401 g/mol. The summed E-state index contributed by atoms with van der Waals surface area (Å²) in [4.78, 5) is 29.8. The van der Waals surface area contributed by atoms with Crippen molar-refractivity contribution in [1.29, 1.82) is 0 Å². The minimum absolute atomic E-state index is 0.110. The van der Waals surface area contributed by atoms with E-state index in [-0.39, 0.29) is 17.5 Å². The molecule has 1 aliphatic rings. The third-order valence-electron chi connectivity index (χ3n) is 5.25.